The Morgan fingerprint density at radius 2 is 2.00 bits per heavy atom. The fourth-order valence-corrected chi connectivity index (χ4v) is 1.38. The van der Waals surface area contributed by atoms with E-state index in [9.17, 15) is 5.11 Å². The van der Waals surface area contributed by atoms with Crippen LogP contribution in [-0.4, -0.2) is 14.7 Å². The van der Waals surface area contributed by atoms with E-state index in [1.165, 1.54) is 0 Å². The van der Waals surface area contributed by atoms with Gasteiger partial charge in [0.1, 0.15) is 0 Å². The van der Waals surface area contributed by atoms with Gasteiger partial charge in [0.2, 0.25) is 0 Å². The van der Waals surface area contributed by atoms with Crippen LogP contribution >= 0.6 is 0 Å². The summed E-state index contributed by atoms with van der Waals surface area (Å²) in [5, 5.41) is 10.1. The Morgan fingerprint density at radius 3 is 2.36 bits per heavy atom. The molecule has 0 aliphatic carbocycles. The fraction of sp³-hybridized carbons (Fsp3) is 0.727. The zero-order chi connectivity index (χ0) is 10.9. The summed E-state index contributed by atoms with van der Waals surface area (Å²) in [5.41, 5.74) is 0.983. The summed E-state index contributed by atoms with van der Waals surface area (Å²) < 4.78 is 1.87. The first-order valence-corrected chi connectivity index (χ1v) is 4.98. The van der Waals surface area contributed by atoms with Crippen molar-refractivity contribution >= 4 is 0 Å². The lowest BCUT2D eigenvalue weighted by molar-refractivity contribution is 0.0482. The van der Waals surface area contributed by atoms with E-state index in [-0.39, 0.29) is 11.3 Å². The molecule has 14 heavy (non-hydrogen) atoms. The molecule has 0 saturated carbocycles. The van der Waals surface area contributed by atoms with Crippen LogP contribution in [0.1, 0.15) is 39.5 Å². The SMILES string of the molecule is CC(C(O)c1cncn1C)C(C)(C)C. The molecule has 1 aromatic heterocycles. The topological polar surface area (TPSA) is 38.1 Å². The van der Waals surface area contributed by atoms with Crippen molar-refractivity contribution < 1.29 is 5.11 Å². The van der Waals surface area contributed by atoms with Crippen molar-refractivity contribution in [3.8, 4) is 0 Å². The van der Waals surface area contributed by atoms with Crippen molar-refractivity contribution in [2.45, 2.75) is 33.8 Å². The highest BCUT2D eigenvalue weighted by Crippen LogP contribution is 2.35. The maximum atomic E-state index is 10.1. The first kappa shape index (κ1) is 11.2. The average Bonchev–Trinajstić information content (AvgIpc) is 2.47. The highest BCUT2D eigenvalue weighted by molar-refractivity contribution is 5.04. The second-order valence-corrected chi connectivity index (χ2v) is 5.03. The van der Waals surface area contributed by atoms with Crippen LogP contribution in [0.3, 0.4) is 0 Å². The number of aliphatic hydroxyl groups excluding tert-OH is 1. The molecule has 2 unspecified atom stereocenters. The van der Waals surface area contributed by atoms with Crippen LogP contribution in [0.2, 0.25) is 0 Å². The molecule has 0 saturated heterocycles. The molecule has 3 nitrogen and oxygen atoms in total. The monoisotopic (exact) mass is 196 g/mol. The fourth-order valence-electron chi connectivity index (χ4n) is 1.38. The number of hydrogen-bond acceptors (Lipinski definition) is 2. The third-order valence-corrected chi connectivity index (χ3v) is 3.00. The number of nitrogens with zero attached hydrogens (tertiary/aromatic N) is 2. The van der Waals surface area contributed by atoms with Crippen LogP contribution in [0.25, 0.3) is 0 Å². The molecule has 0 fully saturated rings. The van der Waals surface area contributed by atoms with E-state index in [0.717, 1.165) is 5.69 Å². The van der Waals surface area contributed by atoms with Crippen molar-refractivity contribution in [2.75, 3.05) is 0 Å². The van der Waals surface area contributed by atoms with E-state index >= 15 is 0 Å². The summed E-state index contributed by atoms with van der Waals surface area (Å²) in [7, 11) is 1.90. The molecule has 0 aliphatic rings. The molecular formula is C11H20N2O. The van der Waals surface area contributed by atoms with Gasteiger partial charge in [0.25, 0.3) is 0 Å². The maximum absolute atomic E-state index is 10.1. The molecule has 0 aromatic carbocycles. The normalized spacial score (nSPS) is 16.7. The van der Waals surface area contributed by atoms with E-state index in [2.05, 4.69) is 32.7 Å². The zero-order valence-corrected chi connectivity index (χ0v) is 9.65. The molecule has 80 valence electrons. The summed E-state index contributed by atoms with van der Waals surface area (Å²) in [4.78, 5) is 4.01. The van der Waals surface area contributed by atoms with Crippen LogP contribution in [0.5, 0.6) is 0 Å². The highest BCUT2D eigenvalue weighted by Gasteiger charge is 2.29. The van der Waals surface area contributed by atoms with Gasteiger partial charge in [-0.15, -0.1) is 0 Å². The van der Waals surface area contributed by atoms with E-state index in [1.807, 2.05) is 11.6 Å². The minimum absolute atomic E-state index is 0.101. The van der Waals surface area contributed by atoms with Gasteiger partial charge in [-0.05, 0) is 11.3 Å². The van der Waals surface area contributed by atoms with Gasteiger partial charge >= 0.3 is 0 Å². The Labute approximate surface area is 85.8 Å². The minimum atomic E-state index is -0.442. The second-order valence-electron chi connectivity index (χ2n) is 5.03. The van der Waals surface area contributed by atoms with E-state index in [1.54, 1.807) is 12.5 Å². The molecule has 0 spiro atoms. The van der Waals surface area contributed by atoms with Crippen molar-refractivity contribution in [2.24, 2.45) is 18.4 Å². The van der Waals surface area contributed by atoms with Crippen LogP contribution in [0, 0.1) is 11.3 Å². The van der Waals surface area contributed by atoms with Gasteiger partial charge in [-0.2, -0.15) is 0 Å². The van der Waals surface area contributed by atoms with Gasteiger partial charge in [-0.1, -0.05) is 27.7 Å². The Kier molecular flexibility index (Phi) is 3.00. The molecule has 1 aromatic rings. The quantitative estimate of drug-likeness (QED) is 0.787. The highest BCUT2D eigenvalue weighted by atomic mass is 16.3. The standard InChI is InChI=1S/C11H20N2O/c1-8(11(2,3)4)10(14)9-6-12-7-13(9)5/h6-8,10,14H,1-5H3. The molecule has 3 heteroatoms. The van der Waals surface area contributed by atoms with Crippen LogP contribution in [-0.2, 0) is 7.05 Å². The van der Waals surface area contributed by atoms with Gasteiger partial charge in [0.05, 0.1) is 24.3 Å². The van der Waals surface area contributed by atoms with E-state index in [4.69, 9.17) is 0 Å². The number of hydrogen-bond donors (Lipinski definition) is 1. The van der Waals surface area contributed by atoms with Crippen LogP contribution in [0.15, 0.2) is 12.5 Å². The van der Waals surface area contributed by atoms with Gasteiger partial charge in [0, 0.05) is 7.05 Å². The number of imidazole rings is 1. The third-order valence-electron chi connectivity index (χ3n) is 3.00. The lowest BCUT2D eigenvalue weighted by atomic mass is 9.78. The van der Waals surface area contributed by atoms with Gasteiger partial charge in [-0.25, -0.2) is 4.98 Å². The van der Waals surface area contributed by atoms with Crippen LogP contribution < -0.4 is 0 Å². The van der Waals surface area contributed by atoms with Crippen molar-refractivity contribution in [1.82, 2.24) is 9.55 Å². The molecule has 1 rings (SSSR count). The molecule has 0 amide bonds. The average molecular weight is 196 g/mol. The Bertz CT molecular complexity index is 298. The first-order chi connectivity index (χ1) is 6.34. The van der Waals surface area contributed by atoms with Gasteiger partial charge in [-0.3, -0.25) is 0 Å². The van der Waals surface area contributed by atoms with E-state index in [0.29, 0.717) is 0 Å². The number of aromatic nitrogens is 2. The van der Waals surface area contributed by atoms with Gasteiger partial charge < -0.3 is 9.67 Å². The Balaban J connectivity index is 2.86. The smallest absolute Gasteiger partial charge is 0.0986 e. The summed E-state index contributed by atoms with van der Waals surface area (Å²) in [6, 6.07) is 0. The van der Waals surface area contributed by atoms with Gasteiger partial charge in [0.15, 0.2) is 0 Å². The molecular weight excluding hydrogens is 176 g/mol. The number of rotatable bonds is 2. The molecule has 1 N–H and O–H groups in total. The maximum Gasteiger partial charge on any atom is 0.0986 e. The second kappa shape index (κ2) is 3.73. The molecule has 0 aliphatic heterocycles. The van der Waals surface area contributed by atoms with Crippen molar-refractivity contribution in [3.63, 3.8) is 0 Å². The molecule has 1 heterocycles. The first-order valence-electron chi connectivity index (χ1n) is 4.98. The summed E-state index contributed by atoms with van der Waals surface area (Å²) in [6.45, 7) is 8.48. The lowest BCUT2D eigenvalue weighted by Gasteiger charge is -2.31. The molecule has 0 bridgehead atoms. The predicted octanol–water partition coefficient (Wildman–Crippen LogP) is 2.14. The lowest BCUT2D eigenvalue weighted by Crippen LogP contribution is -2.25. The Morgan fingerprint density at radius 1 is 1.43 bits per heavy atom. The minimum Gasteiger partial charge on any atom is -0.387 e. The summed E-state index contributed by atoms with van der Waals surface area (Å²) in [5.74, 6) is 0.206. The Hall–Kier alpha value is -0.830. The molecule has 2 atom stereocenters. The summed E-state index contributed by atoms with van der Waals surface area (Å²) in [6.07, 6.45) is 3.00. The molecule has 0 radical (unpaired) electrons. The van der Waals surface area contributed by atoms with Crippen molar-refractivity contribution in [3.05, 3.63) is 18.2 Å². The predicted molar refractivity (Wildman–Crippen MR) is 56.8 cm³/mol. The largest absolute Gasteiger partial charge is 0.387 e. The zero-order valence-electron chi connectivity index (χ0n) is 9.65. The summed E-state index contributed by atoms with van der Waals surface area (Å²) >= 11 is 0. The van der Waals surface area contributed by atoms with Crippen molar-refractivity contribution in [1.29, 1.82) is 0 Å². The van der Waals surface area contributed by atoms with E-state index < -0.39 is 6.10 Å². The number of aryl methyl sites for hydroxylation is 1. The third kappa shape index (κ3) is 2.15. The number of aliphatic hydroxyl groups is 1. The van der Waals surface area contributed by atoms with Crippen LogP contribution in [0.4, 0.5) is 0 Å².